The number of furan rings is 1. The van der Waals surface area contributed by atoms with Gasteiger partial charge in [-0.2, -0.15) is 0 Å². The van der Waals surface area contributed by atoms with Crippen LogP contribution in [-0.4, -0.2) is 24.4 Å². The number of anilines is 1. The molecule has 0 fully saturated rings. The summed E-state index contributed by atoms with van der Waals surface area (Å²) >= 11 is 0. The van der Waals surface area contributed by atoms with Gasteiger partial charge in [0.1, 0.15) is 5.76 Å². The Balaban J connectivity index is 1.54. The van der Waals surface area contributed by atoms with E-state index in [-0.39, 0.29) is 6.04 Å². The van der Waals surface area contributed by atoms with E-state index in [1.54, 1.807) is 11.2 Å². The van der Waals surface area contributed by atoms with E-state index in [1.807, 2.05) is 43.3 Å². The normalized spacial score (nSPS) is 16.2. The third-order valence-corrected chi connectivity index (χ3v) is 4.09. The van der Waals surface area contributed by atoms with Gasteiger partial charge in [-0.3, -0.25) is 9.59 Å². The Labute approximate surface area is 135 Å². The standard InChI is InChI=1S/C18H20N2O3/c1-13-12-14-6-2-3-9-16(14)20(13)18(22)17(21)19-10-4-7-15-8-5-11-23-15/h2-3,5-6,8-9,11,13H,4,7,10,12H2,1H3,(H,19,21)/t13-/m1/s1. The zero-order valence-corrected chi connectivity index (χ0v) is 13.1. The highest BCUT2D eigenvalue weighted by atomic mass is 16.3. The fraction of sp³-hybridized carbons (Fsp3) is 0.333. The quantitative estimate of drug-likeness (QED) is 0.696. The van der Waals surface area contributed by atoms with Crippen molar-refractivity contribution in [1.82, 2.24) is 5.32 Å². The lowest BCUT2D eigenvalue weighted by Gasteiger charge is -2.21. The molecule has 3 rings (SSSR count). The molecule has 120 valence electrons. The topological polar surface area (TPSA) is 62.6 Å². The predicted molar refractivity (Wildman–Crippen MR) is 87.1 cm³/mol. The maximum absolute atomic E-state index is 12.4. The maximum Gasteiger partial charge on any atom is 0.316 e. The monoisotopic (exact) mass is 312 g/mol. The number of nitrogens with zero attached hydrogens (tertiary/aromatic N) is 1. The van der Waals surface area contributed by atoms with Gasteiger partial charge in [0.2, 0.25) is 0 Å². The molecule has 1 aromatic heterocycles. The molecule has 0 unspecified atom stereocenters. The highest BCUT2D eigenvalue weighted by molar-refractivity contribution is 6.40. The van der Waals surface area contributed by atoms with Crippen molar-refractivity contribution in [3.63, 3.8) is 0 Å². The molecule has 0 spiro atoms. The fourth-order valence-corrected chi connectivity index (χ4v) is 2.98. The van der Waals surface area contributed by atoms with Gasteiger partial charge in [-0.1, -0.05) is 18.2 Å². The Bertz CT molecular complexity index is 694. The SMILES string of the molecule is C[C@@H]1Cc2ccccc2N1C(=O)C(=O)NCCCc1ccco1. The number of hydrogen-bond acceptors (Lipinski definition) is 3. The van der Waals surface area contributed by atoms with Crippen LogP contribution in [0.25, 0.3) is 0 Å². The number of amides is 2. The van der Waals surface area contributed by atoms with Gasteiger partial charge in [0, 0.05) is 24.7 Å². The number of aryl methyl sites for hydroxylation is 1. The second-order valence-corrected chi connectivity index (χ2v) is 5.80. The Hall–Kier alpha value is -2.56. The van der Waals surface area contributed by atoms with Crippen LogP contribution in [0.4, 0.5) is 5.69 Å². The molecule has 0 bridgehead atoms. The summed E-state index contributed by atoms with van der Waals surface area (Å²) in [5.74, 6) is -0.152. The summed E-state index contributed by atoms with van der Waals surface area (Å²) in [5, 5.41) is 2.70. The first kappa shape index (κ1) is 15.3. The Kier molecular flexibility index (Phi) is 4.46. The third kappa shape index (κ3) is 3.28. The number of nitrogens with one attached hydrogen (secondary N) is 1. The zero-order chi connectivity index (χ0) is 16.2. The van der Waals surface area contributed by atoms with Gasteiger partial charge in [-0.15, -0.1) is 0 Å². The molecule has 1 N–H and O–H groups in total. The number of para-hydroxylation sites is 1. The van der Waals surface area contributed by atoms with Gasteiger partial charge in [0.05, 0.1) is 6.26 Å². The van der Waals surface area contributed by atoms with Gasteiger partial charge in [-0.05, 0) is 43.5 Å². The van der Waals surface area contributed by atoms with Crippen molar-refractivity contribution in [2.45, 2.75) is 32.2 Å². The van der Waals surface area contributed by atoms with E-state index in [4.69, 9.17) is 4.42 Å². The lowest BCUT2D eigenvalue weighted by molar-refractivity contribution is -0.137. The molecule has 0 saturated heterocycles. The molecule has 5 nitrogen and oxygen atoms in total. The van der Waals surface area contributed by atoms with Gasteiger partial charge in [0.25, 0.3) is 0 Å². The number of carbonyl (C=O) groups excluding carboxylic acids is 2. The molecule has 2 aromatic rings. The van der Waals surface area contributed by atoms with E-state index >= 15 is 0 Å². The molecule has 1 aliphatic rings. The number of rotatable bonds is 4. The van der Waals surface area contributed by atoms with E-state index in [1.165, 1.54) is 0 Å². The van der Waals surface area contributed by atoms with Crippen molar-refractivity contribution in [2.24, 2.45) is 0 Å². The third-order valence-electron chi connectivity index (χ3n) is 4.09. The number of hydrogen-bond donors (Lipinski definition) is 1. The Morgan fingerprint density at radius 2 is 2.09 bits per heavy atom. The molecule has 5 heteroatoms. The number of fused-ring (bicyclic) bond motifs is 1. The van der Waals surface area contributed by atoms with E-state index < -0.39 is 11.8 Å². The summed E-state index contributed by atoms with van der Waals surface area (Å²) in [4.78, 5) is 26.2. The molecule has 2 amide bonds. The molecule has 1 atom stereocenters. The highest BCUT2D eigenvalue weighted by Crippen LogP contribution is 2.31. The summed E-state index contributed by atoms with van der Waals surface area (Å²) in [6, 6.07) is 11.5. The van der Waals surface area contributed by atoms with Crippen LogP contribution >= 0.6 is 0 Å². The summed E-state index contributed by atoms with van der Waals surface area (Å²) in [6.45, 7) is 2.41. The number of benzene rings is 1. The molecular weight excluding hydrogens is 292 g/mol. The molecular formula is C18H20N2O3. The Morgan fingerprint density at radius 1 is 1.26 bits per heavy atom. The minimum atomic E-state index is -0.548. The van der Waals surface area contributed by atoms with Crippen LogP contribution in [0.1, 0.15) is 24.7 Å². The lowest BCUT2D eigenvalue weighted by atomic mass is 10.1. The Morgan fingerprint density at radius 3 is 2.87 bits per heavy atom. The van der Waals surface area contributed by atoms with Gasteiger partial charge in [-0.25, -0.2) is 0 Å². The average Bonchev–Trinajstić information content (AvgIpc) is 3.17. The van der Waals surface area contributed by atoms with Crippen molar-refractivity contribution in [1.29, 1.82) is 0 Å². The highest BCUT2D eigenvalue weighted by Gasteiger charge is 2.33. The summed E-state index contributed by atoms with van der Waals surface area (Å²) in [7, 11) is 0. The minimum Gasteiger partial charge on any atom is -0.469 e. The number of carbonyl (C=O) groups is 2. The molecule has 1 aromatic carbocycles. The molecule has 0 radical (unpaired) electrons. The van der Waals surface area contributed by atoms with Crippen LogP contribution in [0.2, 0.25) is 0 Å². The van der Waals surface area contributed by atoms with Crippen LogP contribution in [-0.2, 0) is 22.4 Å². The van der Waals surface area contributed by atoms with Crippen molar-refractivity contribution in [3.05, 3.63) is 54.0 Å². The van der Waals surface area contributed by atoms with E-state index in [0.717, 1.165) is 36.3 Å². The van der Waals surface area contributed by atoms with Crippen molar-refractivity contribution in [2.75, 3.05) is 11.4 Å². The fourth-order valence-electron chi connectivity index (χ4n) is 2.98. The van der Waals surface area contributed by atoms with Crippen LogP contribution in [0.5, 0.6) is 0 Å². The second-order valence-electron chi connectivity index (χ2n) is 5.80. The largest absolute Gasteiger partial charge is 0.469 e. The second kappa shape index (κ2) is 6.69. The van der Waals surface area contributed by atoms with Crippen LogP contribution in [0.15, 0.2) is 47.1 Å². The first-order valence-electron chi connectivity index (χ1n) is 7.88. The van der Waals surface area contributed by atoms with E-state index in [0.29, 0.717) is 6.54 Å². The van der Waals surface area contributed by atoms with Crippen LogP contribution in [0.3, 0.4) is 0 Å². The van der Waals surface area contributed by atoms with Crippen molar-refractivity contribution in [3.8, 4) is 0 Å². The average molecular weight is 312 g/mol. The van der Waals surface area contributed by atoms with E-state index in [2.05, 4.69) is 5.32 Å². The zero-order valence-electron chi connectivity index (χ0n) is 13.1. The van der Waals surface area contributed by atoms with Crippen molar-refractivity contribution >= 4 is 17.5 Å². The molecule has 1 aliphatic heterocycles. The molecule has 23 heavy (non-hydrogen) atoms. The van der Waals surface area contributed by atoms with Gasteiger partial charge < -0.3 is 14.6 Å². The molecule has 0 saturated carbocycles. The maximum atomic E-state index is 12.4. The lowest BCUT2D eigenvalue weighted by Crippen LogP contribution is -2.45. The molecule has 0 aliphatic carbocycles. The van der Waals surface area contributed by atoms with E-state index in [9.17, 15) is 9.59 Å². The summed E-state index contributed by atoms with van der Waals surface area (Å²) in [5.41, 5.74) is 1.95. The van der Waals surface area contributed by atoms with Gasteiger partial charge in [0.15, 0.2) is 0 Å². The van der Waals surface area contributed by atoms with Crippen LogP contribution < -0.4 is 10.2 Å². The molecule has 2 heterocycles. The van der Waals surface area contributed by atoms with Gasteiger partial charge >= 0.3 is 11.8 Å². The first-order chi connectivity index (χ1) is 11.2. The first-order valence-corrected chi connectivity index (χ1v) is 7.88. The van der Waals surface area contributed by atoms with Crippen LogP contribution in [0, 0.1) is 0 Å². The summed E-state index contributed by atoms with van der Waals surface area (Å²) in [6.07, 6.45) is 3.89. The van der Waals surface area contributed by atoms with Crippen molar-refractivity contribution < 1.29 is 14.0 Å². The smallest absolute Gasteiger partial charge is 0.316 e. The minimum absolute atomic E-state index is 0.00812. The predicted octanol–water partition coefficient (Wildman–Crippen LogP) is 2.31. The summed E-state index contributed by atoms with van der Waals surface area (Å²) < 4.78 is 5.23.